The zero-order valence-corrected chi connectivity index (χ0v) is 18.7. The zero-order valence-electron chi connectivity index (χ0n) is 18.7. The topological polar surface area (TPSA) is 149 Å². The van der Waals surface area contributed by atoms with Gasteiger partial charge in [-0.25, -0.2) is 9.78 Å². The molecule has 0 bridgehead atoms. The fourth-order valence-corrected chi connectivity index (χ4v) is 4.81. The number of methoxy groups -OCH3 is 1. The molecule has 2 atom stereocenters. The van der Waals surface area contributed by atoms with Crippen molar-refractivity contribution in [2.24, 2.45) is 0 Å². The van der Waals surface area contributed by atoms with Gasteiger partial charge in [0, 0.05) is 42.8 Å². The maximum Gasteiger partial charge on any atom is 0.323 e. The molecular formula is C23H22N6O6. The minimum absolute atomic E-state index is 0.0830. The number of pyridine rings is 1. The Morgan fingerprint density at radius 1 is 1.26 bits per heavy atom. The van der Waals surface area contributed by atoms with Crippen LogP contribution in [0.15, 0.2) is 40.9 Å². The average molecular weight is 478 g/mol. The highest BCUT2D eigenvalue weighted by atomic mass is 16.5. The summed E-state index contributed by atoms with van der Waals surface area (Å²) in [5.41, 5.74) is 0.194. The fourth-order valence-electron chi connectivity index (χ4n) is 4.81. The van der Waals surface area contributed by atoms with Gasteiger partial charge in [0.05, 0.1) is 13.7 Å². The number of benzene rings is 1. The van der Waals surface area contributed by atoms with E-state index in [4.69, 9.17) is 9.15 Å². The van der Waals surface area contributed by atoms with Crippen molar-refractivity contribution in [2.75, 3.05) is 31.6 Å². The molecule has 0 radical (unpaired) electrons. The van der Waals surface area contributed by atoms with E-state index in [0.29, 0.717) is 47.7 Å². The summed E-state index contributed by atoms with van der Waals surface area (Å²) >= 11 is 0. The highest BCUT2D eigenvalue weighted by Crippen LogP contribution is 2.36. The van der Waals surface area contributed by atoms with Gasteiger partial charge in [-0.2, -0.15) is 0 Å². The molecule has 5 heterocycles. The Bertz CT molecular complexity index is 1390. The molecule has 6 rings (SSSR count). The van der Waals surface area contributed by atoms with E-state index in [1.165, 1.54) is 16.9 Å². The van der Waals surface area contributed by atoms with Crippen molar-refractivity contribution in [3.63, 3.8) is 0 Å². The van der Waals surface area contributed by atoms with Gasteiger partial charge in [-0.15, -0.1) is 0 Å². The maximum atomic E-state index is 13.2. The van der Waals surface area contributed by atoms with Crippen LogP contribution in [-0.4, -0.2) is 65.9 Å². The van der Waals surface area contributed by atoms with Gasteiger partial charge in [0.1, 0.15) is 22.9 Å². The van der Waals surface area contributed by atoms with Gasteiger partial charge >= 0.3 is 6.03 Å². The number of hydrogen-bond acceptors (Lipinski definition) is 8. The second-order valence-corrected chi connectivity index (χ2v) is 8.68. The monoisotopic (exact) mass is 478 g/mol. The number of amides is 4. The number of aromatic nitrogens is 1. The maximum absolute atomic E-state index is 13.2. The van der Waals surface area contributed by atoms with Crippen LogP contribution in [0.25, 0.3) is 11.0 Å². The van der Waals surface area contributed by atoms with Crippen molar-refractivity contribution in [3.8, 4) is 5.75 Å². The lowest BCUT2D eigenvalue weighted by Gasteiger charge is -2.29. The second-order valence-electron chi connectivity index (χ2n) is 8.68. The molecule has 2 aromatic heterocycles. The quantitative estimate of drug-likeness (QED) is 0.407. The number of rotatable bonds is 5. The van der Waals surface area contributed by atoms with E-state index < -0.39 is 17.8 Å². The third kappa shape index (κ3) is 3.29. The first-order valence-corrected chi connectivity index (χ1v) is 11.1. The van der Waals surface area contributed by atoms with E-state index in [1.54, 1.807) is 30.5 Å². The smallest absolute Gasteiger partial charge is 0.323 e. The van der Waals surface area contributed by atoms with Gasteiger partial charge in [-0.05, 0) is 23.8 Å². The van der Waals surface area contributed by atoms with E-state index in [-0.39, 0.29) is 24.2 Å². The van der Waals surface area contributed by atoms with Crippen molar-refractivity contribution in [2.45, 2.75) is 18.4 Å². The van der Waals surface area contributed by atoms with Gasteiger partial charge in [-0.1, -0.05) is 6.07 Å². The molecule has 0 saturated carbocycles. The molecule has 1 aromatic carbocycles. The summed E-state index contributed by atoms with van der Waals surface area (Å²) in [7, 11) is 1.53. The highest BCUT2D eigenvalue weighted by molar-refractivity contribution is 6.00. The Morgan fingerprint density at radius 3 is 2.83 bits per heavy atom. The SMILES string of the molecule is COc1ccc2c(c1)C(=O)N(CC1(c3cc4cnc(N5CCNC5=O)cc4o3)NC(O)NC1=O)C2. The number of fused-ring (bicyclic) bond motifs is 2. The third-order valence-electron chi connectivity index (χ3n) is 6.60. The molecule has 12 heteroatoms. The van der Waals surface area contributed by atoms with E-state index in [9.17, 15) is 19.5 Å². The molecule has 0 spiro atoms. The Morgan fingerprint density at radius 2 is 2.11 bits per heavy atom. The number of aliphatic hydroxyl groups excluding tert-OH is 1. The standard InChI is InChI=1S/C23H22N6O6/c1-34-14-3-2-12-10-28(19(30)15(12)7-14)11-23(20(31)26-21(32)27-23)17-6-13-9-25-18(8-16(13)35-17)29-5-4-24-22(29)33/h2-3,6-9,21,27,32H,4-5,10-11H2,1H3,(H,24,33)(H,26,31). The Kier molecular flexibility index (Phi) is 4.69. The summed E-state index contributed by atoms with van der Waals surface area (Å²) in [5, 5.41) is 18.8. The first-order chi connectivity index (χ1) is 16.9. The van der Waals surface area contributed by atoms with Gasteiger partial charge in [0.15, 0.2) is 11.9 Å². The predicted molar refractivity (Wildman–Crippen MR) is 121 cm³/mol. The Labute approximate surface area is 198 Å². The number of furan rings is 1. The van der Waals surface area contributed by atoms with Gasteiger partial charge in [0.25, 0.3) is 11.8 Å². The van der Waals surface area contributed by atoms with Gasteiger partial charge < -0.3 is 29.8 Å². The number of carbonyl (C=O) groups excluding carboxylic acids is 3. The summed E-state index contributed by atoms with van der Waals surface area (Å²) in [5.74, 6) is 0.415. The van der Waals surface area contributed by atoms with Crippen LogP contribution in [0.4, 0.5) is 10.6 Å². The minimum Gasteiger partial charge on any atom is -0.497 e. The number of hydrogen-bond donors (Lipinski definition) is 4. The molecule has 2 fully saturated rings. The second kappa shape index (κ2) is 7.68. The molecule has 4 N–H and O–H groups in total. The number of ether oxygens (including phenoxy) is 1. The zero-order chi connectivity index (χ0) is 24.3. The first kappa shape index (κ1) is 21.4. The fraction of sp³-hybridized carbons (Fsp3) is 0.304. The van der Waals surface area contributed by atoms with Crippen LogP contribution in [0, 0.1) is 0 Å². The molecule has 0 aliphatic carbocycles. The summed E-state index contributed by atoms with van der Waals surface area (Å²) in [6, 6.07) is 8.30. The van der Waals surface area contributed by atoms with Crippen LogP contribution in [-0.2, 0) is 16.9 Å². The van der Waals surface area contributed by atoms with Crippen LogP contribution < -0.4 is 25.6 Å². The Hall–Kier alpha value is -4.16. The van der Waals surface area contributed by atoms with Crippen LogP contribution in [0.2, 0.25) is 0 Å². The highest BCUT2D eigenvalue weighted by Gasteiger charge is 2.52. The van der Waals surface area contributed by atoms with Crippen LogP contribution in [0.1, 0.15) is 21.7 Å². The summed E-state index contributed by atoms with van der Waals surface area (Å²) < 4.78 is 11.3. The molecule has 2 unspecified atom stereocenters. The molecule has 35 heavy (non-hydrogen) atoms. The third-order valence-corrected chi connectivity index (χ3v) is 6.60. The molecule has 3 aliphatic heterocycles. The van der Waals surface area contributed by atoms with Crippen molar-refractivity contribution in [1.82, 2.24) is 25.8 Å². The number of carbonyl (C=O) groups is 3. The molecule has 180 valence electrons. The van der Waals surface area contributed by atoms with E-state index in [2.05, 4.69) is 20.9 Å². The normalized spacial score (nSPS) is 23.7. The van der Waals surface area contributed by atoms with Crippen molar-refractivity contribution in [1.29, 1.82) is 0 Å². The van der Waals surface area contributed by atoms with Crippen LogP contribution in [0.5, 0.6) is 5.75 Å². The van der Waals surface area contributed by atoms with Crippen LogP contribution in [0.3, 0.4) is 0 Å². The van der Waals surface area contributed by atoms with E-state index in [1.807, 2.05) is 6.07 Å². The predicted octanol–water partition coefficient (Wildman–Crippen LogP) is 0.213. The molecule has 2 saturated heterocycles. The van der Waals surface area contributed by atoms with E-state index >= 15 is 0 Å². The van der Waals surface area contributed by atoms with Gasteiger partial charge in [-0.3, -0.25) is 19.8 Å². The summed E-state index contributed by atoms with van der Waals surface area (Å²) in [6.45, 7) is 1.21. The number of aliphatic hydroxyl groups is 1. The number of urea groups is 1. The van der Waals surface area contributed by atoms with Crippen LogP contribution >= 0.6 is 0 Å². The number of nitrogens with zero attached hydrogens (tertiary/aromatic N) is 3. The largest absolute Gasteiger partial charge is 0.497 e. The number of nitrogens with one attached hydrogen (secondary N) is 3. The molecule has 12 nitrogen and oxygen atoms in total. The molecule has 4 amide bonds. The van der Waals surface area contributed by atoms with Crippen molar-refractivity contribution in [3.05, 3.63) is 53.4 Å². The van der Waals surface area contributed by atoms with Crippen molar-refractivity contribution < 1.29 is 28.6 Å². The first-order valence-electron chi connectivity index (χ1n) is 11.1. The summed E-state index contributed by atoms with van der Waals surface area (Å²) in [4.78, 5) is 45.7. The molecular weight excluding hydrogens is 456 g/mol. The van der Waals surface area contributed by atoms with Crippen molar-refractivity contribution >= 4 is 34.6 Å². The Balaban J connectivity index is 1.36. The average Bonchev–Trinajstić information content (AvgIpc) is 3.60. The van der Waals surface area contributed by atoms with Gasteiger partial charge in [0.2, 0.25) is 0 Å². The minimum atomic E-state index is -1.54. The lowest BCUT2D eigenvalue weighted by atomic mass is 9.95. The summed E-state index contributed by atoms with van der Waals surface area (Å²) in [6.07, 6.45) is 0.237. The number of anilines is 1. The van der Waals surface area contributed by atoms with E-state index in [0.717, 1.165) is 5.56 Å². The lowest BCUT2D eigenvalue weighted by Crippen LogP contribution is -2.53. The lowest BCUT2D eigenvalue weighted by molar-refractivity contribution is -0.125. The molecule has 3 aromatic rings. The molecule has 3 aliphatic rings.